The monoisotopic (exact) mass is 421 g/mol. The van der Waals surface area contributed by atoms with Crippen molar-refractivity contribution < 1.29 is 23.4 Å². The highest BCUT2D eigenvalue weighted by molar-refractivity contribution is 5.95. The molecule has 1 amide bonds. The summed E-state index contributed by atoms with van der Waals surface area (Å²) in [7, 11) is 4.82. The minimum absolute atomic E-state index is 0.152. The van der Waals surface area contributed by atoms with Gasteiger partial charge in [0.1, 0.15) is 11.6 Å². The molecule has 0 aliphatic carbocycles. The molecule has 0 spiro atoms. The lowest BCUT2D eigenvalue weighted by atomic mass is 9.87. The molecule has 0 fully saturated rings. The number of nitrogens with zero attached hydrogens (tertiary/aromatic N) is 1. The summed E-state index contributed by atoms with van der Waals surface area (Å²) in [5, 5.41) is 0. The zero-order chi connectivity index (χ0) is 22.0. The number of halogens is 1. The average Bonchev–Trinajstić information content (AvgIpc) is 2.82. The summed E-state index contributed by atoms with van der Waals surface area (Å²) in [6.45, 7) is 0.523. The predicted octanol–water partition coefficient (Wildman–Crippen LogP) is 4.64. The molecule has 6 heteroatoms. The highest BCUT2D eigenvalue weighted by atomic mass is 19.1. The molecule has 1 heterocycles. The summed E-state index contributed by atoms with van der Waals surface area (Å²) in [4.78, 5) is 15.3. The molecular formula is C25H24FNO4. The summed E-state index contributed by atoms with van der Waals surface area (Å²) >= 11 is 0. The number of amides is 1. The fourth-order valence-corrected chi connectivity index (χ4v) is 4.07. The Hall–Kier alpha value is -3.54. The van der Waals surface area contributed by atoms with Crippen LogP contribution in [0.1, 0.15) is 33.1 Å². The third-order valence-electron chi connectivity index (χ3n) is 5.66. The van der Waals surface area contributed by atoms with Gasteiger partial charge in [-0.1, -0.05) is 12.1 Å². The molecular weight excluding hydrogens is 397 g/mol. The molecule has 1 aliphatic heterocycles. The Balaban J connectivity index is 1.83. The van der Waals surface area contributed by atoms with E-state index in [1.165, 1.54) is 24.3 Å². The SMILES string of the molecule is COc1ccc([C@@H]2c3cc(OC)c(OC)cc3CCN2C(=O)c2ccc(F)cc2)cc1. The van der Waals surface area contributed by atoms with E-state index in [1.54, 1.807) is 21.3 Å². The molecule has 31 heavy (non-hydrogen) atoms. The van der Waals surface area contributed by atoms with Crippen LogP contribution in [0.3, 0.4) is 0 Å². The van der Waals surface area contributed by atoms with Crippen molar-refractivity contribution in [2.45, 2.75) is 12.5 Å². The Labute approximate surface area is 181 Å². The number of hydrogen-bond acceptors (Lipinski definition) is 4. The molecule has 0 N–H and O–H groups in total. The minimum Gasteiger partial charge on any atom is -0.497 e. The molecule has 0 bridgehead atoms. The van der Waals surface area contributed by atoms with Crippen molar-refractivity contribution in [2.24, 2.45) is 0 Å². The van der Waals surface area contributed by atoms with Crippen LogP contribution >= 0.6 is 0 Å². The normalized spacial score (nSPS) is 15.2. The van der Waals surface area contributed by atoms with Crippen molar-refractivity contribution in [3.63, 3.8) is 0 Å². The molecule has 0 unspecified atom stereocenters. The van der Waals surface area contributed by atoms with Gasteiger partial charge in [0.05, 0.1) is 27.4 Å². The molecule has 0 saturated heterocycles. The van der Waals surface area contributed by atoms with E-state index < -0.39 is 0 Å². The number of benzene rings is 3. The minimum atomic E-state index is -0.371. The topological polar surface area (TPSA) is 48.0 Å². The van der Waals surface area contributed by atoms with Crippen LogP contribution in [0.25, 0.3) is 0 Å². The molecule has 5 nitrogen and oxygen atoms in total. The van der Waals surface area contributed by atoms with Crippen molar-refractivity contribution in [3.05, 3.63) is 88.7 Å². The number of rotatable bonds is 5. The van der Waals surface area contributed by atoms with Gasteiger partial charge in [-0.3, -0.25) is 4.79 Å². The highest BCUT2D eigenvalue weighted by Crippen LogP contribution is 2.41. The zero-order valence-corrected chi connectivity index (χ0v) is 17.7. The molecule has 1 atom stereocenters. The Morgan fingerprint density at radius 2 is 1.55 bits per heavy atom. The molecule has 0 radical (unpaired) electrons. The Morgan fingerprint density at radius 3 is 2.16 bits per heavy atom. The number of methoxy groups -OCH3 is 3. The van der Waals surface area contributed by atoms with E-state index in [0.717, 1.165) is 22.4 Å². The number of hydrogen-bond donors (Lipinski definition) is 0. The summed E-state index contributed by atoms with van der Waals surface area (Å²) in [5.74, 6) is 1.48. The molecule has 3 aromatic rings. The number of fused-ring (bicyclic) bond motifs is 1. The second-order valence-corrected chi connectivity index (χ2v) is 7.34. The molecule has 160 valence electrons. The smallest absolute Gasteiger partial charge is 0.254 e. The van der Waals surface area contributed by atoms with Crippen molar-refractivity contribution in [1.29, 1.82) is 0 Å². The summed E-state index contributed by atoms with van der Waals surface area (Å²) in [6.07, 6.45) is 0.676. The van der Waals surface area contributed by atoms with Gasteiger partial charge in [0.15, 0.2) is 11.5 Å². The van der Waals surface area contributed by atoms with Gasteiger partial charge in [0.2, 0.25) is 0 Å². The maximum Gasteiger partial charge on any atom is 0.254 e. The van der Waals surface area contributed by atoms with Gasteiger partial charge in [-0.2, -0.15) is 0 Å². The fourth-order valence-electron chi connectivity index (χ4n) is 4.07. The predicted molar refractivity (Wildman–Crippen MR) is 116 cm³/mol. The number of carbonyl (C=O) groups excluding carboxylic acids is 1. The third-order valence-corrected chi connectivity index (χ3v) is 5.66. The van der Waals surface area contributed by atoms with E-state index in [0.29, 0.717) is 30.0 Å². The van der Waals surface area contributed by atoms with Gasteiger partial charge in [0.25, 0.3) is 5.91 Å². The maximum absolute atomic E-state index is 13.4. The molecule has 4 rings (SSSR count). The second kappa shape index (κ2) is 8.68. The standard InChI is InChI=1S/C25H24FNO4/c1-29-20-10-6-16(7-11-20)24-21-15-23(31-3)22(30-2)14-18(21)12-13-27(24)25(28)17-4-8-19(26)9-5-17/h4-11,14-15,24H,12-13H2,1-3H3/t24-/m1/s1. The van der Waals surface area contributed by atoms with Crippen LogP contribution in [-0.4, -0.2) is 38.7 Å². The van der Waals surface area contributed by atoms with Crippen LogP contribution in [0, 0.1) is 5.82 Å². The first-order valence-corrected chi connectivity index (χ1v) is 10.0. The average molecular weight is 421 g/mol. The Bertz CT molecular complexity index is 1080. The quantitative estimate of drug-likeness (QED) is 0.602. The molecule has 0 saturated carbocycles. The van der Waals surface area contributed by atoms with Crippen LogP contribution in [0.5, 0.6) is 17.2 Å². The van der Waals surface area contributed by atoms with E-state index >= 15 is 0 Å². The van der Waals surface area contributed by atoms with Crippen LogP contribution in [0.4, 0.5) is 4.39 Å². The zero-order valence-electron chi connectivity index (χ0n) is 17.7. The highest BCUT2D eigenvalue weighted by Gasteiger charge is 2.34. The largest absolute Gasteiger partial charge is 0.497 e. The first-order valence-electron chi connectivity index (χ1n) is 10.0. The van der Waals surface area contributed by atoms with Crippen LogP contribution in [0.2, 0.25) is 0 Å². The lowest BCUT2D eigenvalue weighted by molar-refractivity contribution is 0.0694. The van der Waals surface area contributed by atoms with E-state index in [2.05, 4.69) is 0 Å². The summed E-state index contributed by atoms with van der Waals surface area (Å²) < 4.78 is 29.7. The summed E-state index contributed by atoms with van der Waals surface area (Å²) in [6, 6.07) is 16.9. The van der Waals surface area contributed by atoms with E-state index in [1.807, 2.05) is 41.3 Å². The molecule has 3 aromatic carbocycles. The first kappa shape index (κ1) is 20.7. The van der Waals surface area contributed by atoms with E-state index in [4.69, 9.17) is 14.2 Å². The molecule has 0 aromatic heterocycles. The van der Waals surface area contributed by atoms with Gasteiger partial charge in [-0.05, 0) is 71.6 Å². The lowest BCUT2D eigenvalue weighted by Crippen LogP contribution is -2.40. The van der Waals surface area contributed by atoms with Crippen LogP contribution in [-0.2, 0) is 6.42 Å². The fraction of sp³-hybridized carbons (Fsp3) is 0.240. The van der Waals surface area contributed by atoms with Gasteiger partial charge >= 0.3 is 0 Å². The van der Waals surface area contributed by atoms with Gasteiger partial charge in [-0.15, -0.1) is 0 Å². The van der Waals surface area contributed by atoms with Crippen molar-refractivity contribution in [3.8, 4) is 17.2 Å². The van der Waals surface area contributed by atoms with Crippen molar-refractivity contribution in [1.82, 2.24) is 4.90 Å². The Kier molecular flexibility index (Phi) is 5.80. The van der Waals surface area contributed by atoms with Gasteiger partial charge in [-0.25, -0.2) is 4.39 Å². The first-order chi connectivity index (χ1) is 15.0. The second-order valence-electron chi connectivity index (χ2n) is 7.34. The Morgan fingerprint density at radius 1 is 0.903 bits per heavy atom. The van der Waals surface area contributed by atoms with E-state index in [-0.39, 0.29) is 17.8 Å². The number of carbonyl (C=O) groups is 1. The summed E-state index contributed by atoms with van der Waals surface area (Å²) in [5.41, 5.74) is 3.47. The van der Waals surface area contributed by atoms with Crippen LogP contribution < -0.4 is 14.2 Å². The van der Waals surface area contributed by atoms with E-state index in [9.17, 15) is 9.18 Å². The maximum atomic E-state index is 13.4. The third kappa shape index (κ3) is 3.93. The molecule has 1 aliphatic rings. The van der Waals surface area contributed by atoms with Crippen LogP contribution in [0.15, 0.2) is 60.7 Å². The van der Waals surface area contributed by atoms with Crippen molar-refractivity contribution in [2.75, 3.05) is 27.9 Å². The number of ether oxygens (including phenoxy) is 3. The lowest BCUT2D eigenvalue weighted by Gasteiger charge is -2.38. The van der Waals surface area contributed by atoms with Crippen molar-refractivity contribution >= 4 is 5.91 Å². The van der Waals surface area contributed by atoms with Gasteiger partial charge in [0, 0.05) is 12.1 Å². The van der Waals surface area contributed by atoms with Gasteiger partial charge < -0.3 is 19.1 Å².